The summed E-state index contributed by atoms with van der Waals surface area (Å²) in [6.45, 7) is 3.17. The Kier molecular flexibility index (Phi) is 3.23. The number of carbonyl (C=O) groups is 1. The summed E-state index contributed by atoms with van der Waals surface area (Å²) in [5, 5.41) is 25.3. The molecule has 0 radical (unpaired) electrons. The van der Waals surface area contributed by atoms with E-state index in [0.717, 1.165) is 0 Å². The Morgan fingerprint density at radius 1 is 1.21 bits per heavy atom. The number of benzene rings is 1. The van der Waals surface area contributed by atoms with Crippen molar-refractivity contribution in [3.05, 3.63) is 45.3 Å². The highest BCUT2D eigenvalue weighted by molar-refractivity contribution is 5.95. The first-order chi connectivity index (χ1) is 9.00. The largest absolute Gasteiger partial charge is 0.317 e. The molecule has 0 aliphatic carbocycles. The monoisotopic (exact) mass is 259 g/mol. The number of aryl methyl sites for hydroxylation is 1. The Bertz CT molecular complexity index is 660. The number of azo groups is 2. The third-order valence-electron chi connectivity index (χ3n) is 2.49. The third kappa shape index (κ3) is 2.41. The lowest BCUT2D eigenvalue weighted by molar-refractivity contribution is -0.384. The van der Waals surface area contributed by atoms with Gasteiger partial charge in [-0.1, -0.05) is 12.1 Å². The molecule has 0 atom stereocenters. The highest BCUT2D eigenvalue weighted by Crippen LogP contribution is 2.31. The Labute approximate surface area is 107 Å². The van der Waals surface area contributed by atoms with E-state index in [0.29, 0.717) is 11.3 Å². The van der Waals surface area contributed by atoms with Crippen LogP contribution >= 0.6 is 0 Å². The second-order valence-electron chi connectivity index (χ2n) is 3.84. The quantitative estimate of drug-likeness (QED) is 0.472. The number of allylic oxidation sites excluding steroid dienone is 1. The van der Waals surface area contributed by atoms with E-state index in [4.69, 9.17) is 0 Å². The first-order valence-corrected chi connectivity index (χ1v) is 5.33. The third-order valence-corrected chi connectivity index (χ3v) is 2.49. The number of nitrogens with zero attached hydrogens (tertiary/aromatic N) is 5. The normalized spacial score (nSPS) is 14.7. The van der Waals surface area contributed by atoms with Gasteiger partial charge in [-0.2, -0.15) is 0 Å². The predicted molar refractivity (Wildman–Crippen MR) is 64.9 cm³/mol. The van der Waals surface area contributed by atoms with Crippen LogP contribution in [0.1, 0.15) is 12.5 Å². The first-order valence-electron chi connectivity index (χ1n) is 5.33. The summed E-state index contributed by atoms with van der Waals surface area (Å²) >= 11 is 0. The first kappa shape index (κ1) is 12.7. The van der Waals surface area contributed by atoms with Gasteiger partial charge in [0.1, 0.15) is 0 Å². The minimum absolute atomic E-state index is 0.00389. The molecule has 0 N–H and O–H groups in total. The van der Waals surface area contributed by atoms with Gasteiger partial charge in [0.2, 0.25) is 0 Å². The fraction of sp³-hybridized carbons (Fsp3) is 0.182. The molecule has 0 saturated heterocycles. The average molecular weight is 259 g/mol. The number of para-hydroxylation sites is 1. The van der Waals surface area contributed by atoms with Crippen LogP contribution in [0.2, 0.25) is 0 Å². The molecule has 1 aromatic carbocycles. The lowest BCUT2D eigenvalue weighted by Gasteiger charge is -1.99. The molecule has 8 heteroatoms. The van der Waals surface area contributed by atoms with E-state index in [1.807, 2.05) is 0 Å². The van der Waals surface area contributed by atoms with E-state index in [1.54, 1.807) is 26.0 Å². The van der Waals surface area contributed by atoms with Gasteiger partial charge in [-0.15, -0.1) is 20.5 Å². The zero-order valence-electron chi connectivity index (χ0n) is 10.2. The molecule has 1 amide bonds. The molecule has 0 fully saturated rings. The summed E-state index contributed by atoms with van der Waals surface area (Å²) in [6.07, 6.45) is 0. The zero-order chi connectivity index (χ0) is 14.0. The maximum absolute atomic E-state index is 11.3. The van der Waals surface area contributed by atoms with Crippen LogP contribution in [0.15, 0.2) is 50.1 Å². The molecule has 0 bridgehead atoms. The van der Waals surface area contributed by atoms with Crippen LogP contribution < -0.4 is 0 Å². The number of nitro groups is 1. The van der Waals surface area contributed by atoms with Crippen molar-refractivity contribution in [1.82, 2.24) is 0 Å². The maximum atomic E-state index is 11.3. The van der Waals surface area contributed by atoms with Crippen LogP contribution in [0.4, 0.5) is 11.4 Å². The van der Waals surface area contributed by atoms with E-state index in [-0.39, 0.29) is 17.1 Å². The van der Waals surface area contributed by atoms with E-state index >= 15 is 0 Å². The molecule has 1 heterocycles. The van der Waals surface area contributed by atoms with Gasteiger partial charge >= 0.3 is 5.91 Å². The number of amides is 1. The van der Waals surface area contributed by atoms with Gasteiger partial charge in [-0.25, -0.2) is 0 Å². The van der Waals surface area contributed by atoms with Crippen molar-refractivity contribution in [3.63, 3.8) is 0 Å². The van der Waals surface area contributed by atoms with Gasteiger partial charge < -0.3 is 0 Å². The Balaban J connectivity index is 2.40. The highest BCUT2D eigenvalue weighted by Gasteiger charge is 2.20. The maximum Gasteiger partial charge on any atom is 0.317 e. The highest BCUT2D eigenvalue weighted by atomic mass is 16.6. The molecular weight excluding hydrogens is 250 g/mol. The number of carbonyl (C=O) groups excluding carboxylic acids is 1. The summed E-state index contributed by atoms with van der Waals surface area (Å²) in [4.78, 5) is 21.7. The number of nitro benzene ring substituents is 1. The van der Waals surface area contributed by atoms with Crippen molar-refractivity contribution in [1.29, 1.82) is 0 Å². The molecule has 1 aliphatic heterocycles. The van der Waals surface area contributed by atoms with Crippen molar-refractivity contribution < 1.29 is 9.72 Å². The van der Waals surface area contributed by atoms with Crippen LogP contribution in [0, 0.1) is 17.0 Å². The summed E-state index contributed by atoms with van der Waals surface area (Å²) in [5.74, 6) is -0.600. The van der Waals surface area contributed by atoms with Gasteiger partial charge in [-0.05, 0) is 19.9 Å². The molecule has 1 aromatic rings. The average Bonchev–Trinajstić information content (AvgIpc) is 2.66. The predicted octanol–water partition coefficient (Wildman–Crippen LogP) is 3.21. The standard InChI is InChI=1S/C11H9N5O3/c1-6-4-3-5-8(10(6)16(18)19)13-14-9-7(2)12-15-11(9)17/h3-5H,1-2H3. The molecule has 0 aromatic heterocycles. The van der Waals surface area contributed by atoms with Crippen molar-refractivity contribution >= 4 is 17.3 Å². The Hall–Kier alpha value is -2.77. The number of rotatable bonds is 3. The molecule has 0 saturated carbocycles. The van der Waals surface area contributed by atoms with E-state index in [1.165, 1.54) is 6.07 Å². The van der Waals surface area contributed by atoms with Crippen LogP contribution in [-0.2, 0) is 4.79 Å². The molecule has 96 valence electrons. The second kappa shape index (κ2) is 4.84. The van der Waals surface area contributed by atoms with Crippen molar-refractivity contribution in [2.24, 2.45) is 20.5 Å². The van der Waals surface area contributed by atoms with Crippen LogP contribution in [0.5, 0.6) is 0 Å². The van der Waals surface area contributed by atoms with Crippen molar-refractivity contribution in [2.75, 3.05) is 0 Å². The van der Waals surface area contributed by atoms with Gasteiger partial charge in [-0.3, -0.25) is 14.9 Å². The molecule has 19 heavy (non-hydrogen) atoms. The van der Waals surface area contributed by atoms with Crippen molar-refractivity contribution in [3.8, 4) is 0 Å². The minimum Gasteiger partial charge on any atom is -0.263 e. The van der Waals surface area contributed by atoms with Crippen LogP contribution in [0.3, 0.4) is 0 Å². The fourth-order valence-electron chi connectivity index (χ4n) is 1.55. The summed E-state index contributed by atoms with van der Waals surface area (Å²) in [6, 6.07) is 4.69. The van der Waals surface area contributed by atoms with E-state index in [9.17, 15) is 14.9 Å². The lowest BCUT2D eigenvalue weighted by Crippen LogP contribution is -1.93. The molecule has 1 aliphatic rings. The SMILES string of the molecule is CC1=C(N=Nc2cccc(C)c2[N+](=O)[O-])C(=O)N=N1. The van der Waals surface area contributed by atoms with Gasteiger partial charge in [0, 0.05) is 5.56 Å². The smallest absolute Gasteiger partial charge is 0.263 e. The molecule has 2 rings (SSSR count). The van der Waals surface area contributed by atoms with Crippen LogP contribution in [0.25, 0.3) is 0 Å². The summed E-state index contributed by atoms with van der Waals surface area (Å²) in [7, 11) is 0. The topological polar surface area (TPSA) is 110 Å². The molecule has 0 unspecified atom stereocenters. The Morgan fingerprint density at radius 2 is 1.95 bits per heavy atom. The van der Waals surface area contributed by atoms with Gasteiger partial charge in [0.05, 0.1) is 10.6 Å². The summed E-state index contributed by atoms with van der Waals surface area (Å²) < 4.78 is 0. The minimum atomic E-state index is -0.600. The lowest BCUT2D eigenvalue weighted by atomic mass is 10.2. The number of hydrogen-bond donors (Lipinski definition) is 0. The fourth-order valence-corrected chi connectivity index (χ4v) is 1.55. The van der Waals surface area contributed by atoms with E-state index in [2.05, 4.69) is 20.5 Å². The van der Waals surface area contributed by atoms with Crippen LogP contribution in [-0.4, -0.2) is 10.8 Å². The van der Waals surface area contributed by atoms with E-state index < -0.39 is 10.8 Å². The summed E-state index contributed by atoms with van der Waals surface area (Å²) in [5.41, 5.74) is 0.757. The van der Waals surface area contributed by atoms with Gasteiger partial charge in [0.15, 0.2) is 11.4 Å². The van der Waals surface area contributed by atoms with Gasteiger partial charge in [0.25, 0.3) is 5.69 Å². The molecule has 8 nitrogen and oxygen atoms in total. The van der Waals surface area contributed by atoms with Crippen molar-refractivity contribution in [2.45, 2.75) is 13.8 Å². The Morgan fingerprint density at radius 3 is 2.53 bits per heavy atom. The molecular formula is C11H9N5O3. The zero-order valence-corrected chi connectivity index (χ0v) is 10.2. The second-order valence-corrected chi connectivity index (χ2v) is 3.84. The number of hydrogen-bond acceptors (Lipinski definition) is 6. The molecule has 0 spiro atoms.